The van der Waals surface area contributed by atoms with Crippen LogP contribution in [-0.2, 0) is 0 Å². The van der Waals surface area contributed by atoms with E-state index in [1.54, 1.807) is 0 Å². The number of nitrogens with zero attached hydrogens (tertiary/aromatic N) is 1. The molecule has 0 aliphatic carbocycles. The highest BCUT2D eigenvalue weighted by atomic mass is 16.5. The molecule has 1 heterocycles. The third-order valence-corrected chi connectivity index (χ3v) is 0.574. The van der Waals surface area contributed by atoms with Crippen LogP contribution in [0, 0.1) is 0 Å². The van der Waals surface area contributed by atoms with Crippen molar-refractivity contribution in [2.75, 3.05) is 0 Å². The number of hydrogen-bond acceptors (Lipinski definition) is 3. The fraction of sp³-hybridized carbons (Fsp3) is 0.500. The van der Waals surface area contributed by atoms with E-state index >= 15 is 0 Å². The van der Waals surface area contributed by atoms with Gasteiger partial charge in [-0.2, -0.15) is 0 Å². The standard InChI is InChI=1S/C4H3NO2.2C2H6/c6-3-4-1-2-5-7-4;2*1-2/h1-3H;2*1-2H3. The summed E-state index contributed by atoms with van der Waals surface area (Å²) in [7, 11) is 0. The lowest BCUT2D eigenvalue weighted by atomic mass is 10.5. The van der Waals surface area contributed by atoms with Gasteiger partial charge in [-0.15, -0.1) is 0 Å². The van der Waals surface area contributed by atoms with Crippen LogP contribution in [0.5, 0.6) is 0 Å². The van der Waals surface area contributed by atoms with E-state index in [2.05, 4.69) is 9.68 Å². The number of rotatable bonds is 1. The summed E-state index contributed by atoms with van der Waals surface area (Å²) < 4.78 is 4.36. The van der Waals surface area contributed by atoms with Gasteiger partial charge in [0.05, 0.1) is 6.20 Å². The minimum absolute atomic E-state index is 0.264. The highest BCUT2D eigenvalue weighted by Crippen LogP contribution is 1.87. The Morgan fingerprint density at radius 1 is 1.36 bits per heavy atom. The first kappa shape index (κ1) is 12.5. The van der Waals surface area contributed by atoms with Crippen LogP contribution in [0.2, 0.25) is 0 Å². The molecule has 0 amide bonds. The fourth-order valence-electron chi connectivity index (χ4n) is 0.286. The van der Waals surface area contributed by atoms with E-state index < -0.39 is 0 Å². The summed E-state index contributed by atoms with van der Waals surface area (Å²) in [6.07, 6.45) is 2.02. The second-order valence-corrected chi connectivity index (χ2v) is 1.03. The molecule has 0 N–H and O–H groups in total. The van der Waals surface area contributed by atoms with Crippen molar-refractivity contribution in [3.8, 4) is 0 Å². The molecular weight excluding hydrogens is 142 g/mol. The highest BCUT2D eigenvalue weighted by Gasteiger charge is 1.86. The summed E-state index contributed by atoms with van der Waals surface area (Å²) in [5.41, 5.74) is 0. The van der Waals surface area contributed by atoms with Crippen LogP contribution in [0.3, 0.4) is 0 Å². The molecule has 0 aliphatic rings. The maximum Gasteiger partial charge on any atom is 0.199 e. The van der Waals surface area contributed by atoms with Gasteiger partial charge < -0.3 is 4.52 Å². The summed E-state index contributed by atoms with van der Waals surface area (Å²) >= 11 is 0. The first-order valence-corrected chi connectivity index (χ1v) is 3.79. The SMILES string of the molecule is CC.CC.O=Cc1ccno1. The zero-order valence-electron chi connectivity index (χ0n) is 7.50. The van der Waals surface area contributed by atoms with Crippen LogP contribution in [0.4, 0.5) is 0 Å². The molecule has 3 nitrogen and oxygen atoms in total. The van der Waals surface area contributed by atoms with E-state index in [0.717, 1.165) is 0 Å². The first-order chi connectivity index (χ1) is 5.43. The zero-order chi connectivity index (χ0) is 9.11. The molecule has 0 radical (unpaired) electrons. The molecule has 0 spiro atoms. The summed E-state index contributed by atoms with van der Waals surface area (Å²) in [6, 6.07) is 1.49. The Bertz CT molecular complexity index is 147. The van der Waals surface area contributed by atoms with Gasteiger partial charge >= 0.3 is 0 Å². The topological polar surface area (TPSA) is 43.1 Å². The van der Waals surface area contributed by atoms with E-state index in [1.807, 2.05) is 27.7 Å². The maximum absolute atomic E-state index is 9.73. The third-order valence-electron chi connectivity index (χ3n) is 0.574. The molecule has 0 fully saturated rings. The van der Waals surface area contributed by atoms with Crippen molar-refractivity contribution >= 4 is 6.29 Å². The third kappa shape index (κ3) is 6.77. The number of carbonyl (C=O) groups is 1. The molecule has 11 heavy (non-hydrogen) atoms. The molecular formula is C8H15NO2. The van der Waals surface area contributed by atoms with Crippen LogP contribution in [0.25, 0.3) is 0 Å². The molecule has 0 aromatic carbocycles. The lowest BCUT2D eigenvalue weighted by Crippen LogP contribution is -1.66. The lowest BCUT2D eigenvalue weighted by Gasteiger charge is -1.65. The van der Waals surface area contributed by atoms with Gasteiger partial charge in [-0.25, -0.2) is 0 Å². The number of carbonyl (C=O) groups excluding carboxylic acids is 1. The van der Waals surface area contributed by atoms with Gasteiger partial charge in [0, 0.05) is 6.07 Å². The van der Waals surface area contributed by atoms with Crippen molar-refractivity contribution in [3.05, 3.63) is 18.0 Å². The molecule has 1 aromatic rings. The van der Waals surface area contributed by atoms with Gasteiger partial charge in [0.2, 0.25) is 0 Å². The smallest absolute Gasteiger partial charge is 0.199 e. The van der Waals surface area contributed by atoms with Gasteiger partial charge in [0.25, 0.3) is 0 Å². The minimum Gasteiger partial charge on any atom is -0.353 e. The Hall–Kier alpha value is -1.12. The van der Waals surface area contributed by atoms with Crippen LogP contribution in [0.1, 0.15) is 38.2 Å². The second-order valence-electron chi connectivity index (χ2n) is 1.03. The van der Waals surface area contributed by atoms with Gasteiger partial charge in [-0.3, -0.25) is 4.79 Å². The van der Waals surface area contributed by atoms with E-state index in [0.29, 0.717) is 6.29 Å². The predicted octanol–water partition coefficient (Wildman–Crippen LogP) is 2.54. The summed E-state index contributed by atoms with van der Waals surface area (Å²) in [6.45, 7) is 8.00. The van der Waals surface area contributed by atoms with Crippen molar-refractivity contribution in [2.45, 2.75) is 27.7 Å². The van der Waals surface area contributed by atoms with Crippen molar-refractivity contribution in [3.63, 3.8) is 0 Å². The number of hydrogen-bond donors (Lipinski definition) is 0. The summed E-state index contributed by atoms with van der Waals surface area (Å²) in [5, 5.41) is 3.29. The average Bonchev–Trinajstić information content (AvgIpc) is 2.63. The molecule has 0 aliphatic heterocycles. The van der Waals surface area contributed by atoms with Crippen LogP contribution in [0.15, 0.2) is 16.8 Å². The monoisotopic (exact) mass is 157 g/mol. The Morgan fingerprint density at radius 3 is 2.09 bits per heavy atom. The van der Waals surface area contributed by atoms with E-state index in [1.165, 1.54) is 12.3 Å². The Morgan fingerprint density at radius 2 is 1.91 bits per heavy atom. The fourth-order valence-corrected chi connectivity index (χ4v) is 0.286. The maximum atomic E-state index is 9.73. The van der Waals surface area contributed by atoms with Crippen LogP contribution in [-0.4, -0.2) is 11.4 Å². The first-order valence-electron chi connectivity index (χ1n) is 3.79. The molecule has 1 rings (SSSR count). The largest absolute Gasteiger partial charge is 0.353 e. The van der Waals surface area contributed by atoms with Crippen molar-refractivity contribution in [2.24, 2.45) is 0 Å². The lowest BCUT2D eigenvalue weighted by molar-refractivity contribution is 0.109. The van der Waals surface area contributed by atoms with Crippen LogP contribution >= 0.6 is 0 Å². The minimum atomic E-state index is 0.264. The molecule has 0 unspecified atom stereocenters. The quantitative estimate of drug-likeness (QED) is 0.588. The molecule has 0 saturated heterocycles. The molecule has 3 heteroatoms. The van der Waals surface area contributed by atoms with Gasteiger partial charge in [-0.05, 0) is 0 Å². The van der Waals surface area contributed by atoms with E-state index in [-0.39, 0.29) is 5.76 Å². The summed E-state index contributed by atoms with van der Waals surface area (Å²) in [5.74, 6) is 0.264. The molecule has 64 valence electrons. The van der Waals surface area contributed by atoms with Crippen LogP contribution < -0.4 is 0 Å². The van der Waals surface area contributed by atoms with Gasteiger partial charge in [-0.1, -0.05) is 32.9 Å². The Balaban J connectivity index is 0. The average molecular weight is 157 g/mol. The molecule has 1 aromatic heterocycles. The Labute approximate surface area is 67.4 Å². The predicted molar refractivity (Wildman–Crippen MR) is 44.6 cm³/mol. The zero-order valence-corrected chi connectivity index (χ0v) is 7.50. The van der Waals surface area contributed by atoms with Crippen molar-refractivity contribution < 1.29 is 9.32 Å². The van der Waals surface area contributed by atoms with E-state index in [9.17, 15) is 4.79 Å². The summed E-state index contributed by atoms with van der Waals surface area (Å²) in [4.78, 5) is 9.73. The number of aldehydes is 1. The molecule has 0 atom stereocenters. The molecule has 0 saturated carbocycles. The second kappa shape index (κ2) is 11.6. The van der Waals surface area contributed by atoms with Crippen molar-refractivity contribution in [1.29, 1.82) is 0 Å². The Kier molecular flexibility index (Phi) is 13.3. The van der Waals surface area contributed by atoms with E-state index in [4.69, 9.17) is 0 Å². The molecule has 0 bridgehead atoms. The van der Waals surface area contributed by atoms with Gasteiger partial charge in [0.15, 0.2) is 12.0 Å². The van der Waals surface area contributed by atoms with Gasteiger partial charge in [0.1, 0.15) is 0 Å². The normalized spacial score (nSPS) is 6.55. The highest BCUT2D eigenvalue weighted by molar-refractivity contribution is 5.69. The number of aromatic nitrogens is 1. The van der Waals surface area contributed by atoms with Crippen molar-refractivity contribution in [1.82, 2.24) is 5.16 Å².